The highest BCUT2D eigenvalue weighted by atomic mass is 19.4. The summed E-state index contributed by atoms with van der Waals surface area (Å²) in [7, 11) is 3.96. The van der Waals surface area contributed by atoms with Gasteiger partial charge in [0, 0.05) is 38.1 Å². The molecule has 0 amide bonds. The van der Waals surface area contributed by atoms with Gasteiger partial charge < -0.3 is 20.3 Å². The molecule has 1 aliphatic rings. The molecule has 3 aromatic rings. The average Bonchev–Trinajstić information content (AvgIpc) is 2.78. The maximum Gasteiger partial charge on any atom is 0.573 e. The lowest BCUT2D eigenvalue weighted by atomic mass is 9.91. The van der Waals surface area contributed by atoms with Crippen molar-refractivity contribution in [1.82, 2.24) is 15.3 Å². The Labute approximate surface area is 191 Å². The van der Waals surface area contributed by atoms with Crippen molar-refractivity contribution < 1.29 is 17.9 Å². The van der Waals surface area contributed by atoms with Gasteiger partial charge in [-0.15, -0.1) is 13.2 Å². The molecule has 176 valence electrons. The zero-order valence-electron chi connectivity index (χ0n) is 18.7. The highest BCUT2D eigenvalue weighted by Crippen LogP contribution is 2.27. The maximum absolute atomic E-state index is 12.3. The molecule has 1 aliphatic carbocycles. The Bertz CT molecular complexity index is 1060. The third kappa shape index (κ3) is 6.25. The molecule has 2 N–H and O–H groups in total. The molecule has 0 aliphatic heterocycles. The lowest BCUT2D eigenvalue weighted by Crippen LogP contribution is -2.37. The highest BCUT2D eigenvalue weighted by Gasteiger charge is 2.31. The van der Waals surface area contributed by atoms with Crippen LogP contribution in [0.15, 0.2) is 48.5 Å². The fourth-order valence-corrected chi connectivity index (χ4v) is 4.16. The SMILES string of the molecule is CN(C)c1nc(NC2CCC(NCc3ccc(OC(F)(F)F)cc3)CC2)nc2ccccc12. The summed E-state index contributed by atoms with van der Waals surface area (Å²) in [5.41, 5.74) is 1.84. The van der Waals surface area contributed by atoms with E-state index in [4.69, 9.17) is 9.97 Å². The fraction of sp³-hybridized carbons (Fsp3) is 0.417. The summed E-state index contributed by atoms with van der Waals surface area (Å²) in [6, 6.07) is 14.7. The van der Waals surface area contributed by atoms with Crippen LogP contribution in [0, 0.1) is 0 Å². The van der Waals surface area contributed by atoms with Gasteiger partial charge in [0.25, 0.3) is 0 Å². The first kappa shape index (κ1) is 23.1. The number of para-hydroxylation sites is 1. The van der Waals surface area contributed by atoms with Gasteiger partial charge in [-0.2, -0.15) is 4.98 Å². The van der Waals surface area contributed by atoms with E-state index in [2.05, 4.69) is 15.4 Å². The maximum atomic E-state index is 12.3. The predicted octanol–water partition coefficient (Wildman–Crippen LogP) is 5.11. The number of halogens is 3. The van der Waals surface area contributed by atoms with Gasteiger partial charge in [-0.1, -0.05) is 24.3 Å². The predicted molar refractivity (Wildman–Crippen MR) is 123 cm³/mol. The van der Waals surface area contributed by atoms with E-state index in [0.29, 0.717) is 24.6 Å². The van der Waals surface area contributed by atoms with Crippen molar-refractivity contribution in [1.29, 1.82) is 0 Å². The summed E-state index contributed by atoms with van der Waals surface area (Å²) in [5, 5.41) is 8.04. The van der Waals surface area contributed by atoms with Gasteiger partial charge in [0.2, 0.25) is 5.95 Å². The van der Waals surface area contributed by atoms with Crippen molar-refractivity contribution in [2.45, 2.75) is 50.7 Å². The van der Waals surface area contributed by atoms with Crippen molar-refractivity contribution in [2.24, 2.45) is 0 Å². The fourth-order valence-electron chi connectivity index (χ4n) is 4.16. The van der Waals surface area contributed by atoms with Crippen molar-refractivity contribution in [3.8, 4) is 5.75 Å². The zero-order valence-corrected chi connectivity index (χ0v) is 18.7. The van der Waals surface area contributed by atoms with Crippen LogP contribution >= 0.6 is 0 Å². The zero-order chi connectivity index (χ0) is 23.4. The van der Waals surface area contributed by atoms with E-state index in [9.17, 15) is 13.2 Å². The summed E-state index contributed by atoms with van der Waals surface area (Å²) < 4.78 is 40.7. The Kier molecular flexibility index (Phi) is 6.88. The lowest BCUT2D eigenvalue weighted by molar-refractivity contribution is -0.274. The number of hydrogen-bond acceptors (Lipinski definition) is 6. The van der Waals surface area contributed by atoms with Crippen molar-refractivity contribution in [3.05, 3.63) is 54.1 Å². The van der Waals surface area contributed by atoms with Gasteiger partial charge in [-0.3, -0.25) is 0 Å². The molecular weight excluding hydrogens is 431 g/mol. The Morgan fingerprint density at radius 1 is 0.939 bits per heavy atom. The second-order valence-electron chi connectivity index (χ2n) is 8.55. The van der Waals surface area contributed by atoms with Crippen LogP contribution in [0.3, 0.4) is 0 Å². The summed E-state index contributed by atoms with van der Waals surface area (Å²) >= 11 is 0. The Hall–Kier alpha value is -3.07. The molecule has 0 bridgehead atoms. The number of ether oxygens (including phenoxy) is 1. The topological polar surface area (TPSA) is 62.3 Å². The molecule has 1 aromatic heterocycles. The average molecular weight is 460 g/mol. The van der Waals surface area contributed by atoms with Crippen molar-refractivity contribution in [2.75, 3.05) is 24.3 Å². The molecule has 2 aromatic carbocycles. The number of rotatable bonds is 7. The number of aromatic nitrogens is 2. The standard InChI is InChI=1S/C24H28F3N5O/c1-32(2)22-20-5-3-4-6-21(20)30-23(31-22)29-18-11-9-17(10-12-18)28-15-16-7-13-19(14-8-16)33-24(25,26)27/h3-8,13-14,17-18,28H,9-12,15H2,1-2H3,(H,29,30,31). The molecule has 0 atom stereocenters. The number of nitrogens with one attached hydrogen (secondary N) is 2. The van der Waals surface area contributed by atoms with E-state index in [1.165, 1.54) is 12.1 Å². The molecule has 0 unspecified atom stereocenters. The van der Waals surface area contributed by atoms with Gasteiger partial charge in [0.15, 0.2) is 0 Å². The molecule has 1 fully saturated rings. The first-order valence-electron chi connectivity index (χ1n) is 11.1. The highest BCUT2D eigenvalue weighted by molar-refractivity contribution is 5.90. The third-order valence-electron chi connectivity index (χ3n) is 5.82. The molecule has 33 heavy (non-hydrogen) atoms. The minimum atomic E-state index is -4.67. The number of benzene rings is 2. The van der Waals surface area contributed by atoms with Crippen LogP contribution < -0.4 is 20.3 Å². The van der Waals surface area contributed by atoms with Gasteiger partial charge in [0.1, 0.15) is 11.6 Å². The number of fused-ring (bicyclic) bond motifs is 1. The molecule has 1 saturated carbocycles. The summed E-state index contributed by atoms with van der Waals surface area (Å²) in [6.07, 6.45) is -0.687. The number of nitrogens with zero attached hydrogens (tertiary/aromatic N) is 3. The van der Waals surface area contributed by atoms with Crippen LogP contribution in [0.2, 0.25) is 0 Å². The molecular formula is C24H28F3N5O. The molecule has 0 spiro atoms. The monoisotopic (exact) mass is 459 g/mol. The molecule has 0 radical (unpaired) electrons. The molecule has 6 nitrogen and oxygen atoms in total. The number of alkyl halides is 3. The summed E-state index contributed by atoms with van der Waals surface area (Å²) in [6.45, 7) is 0.606. The van der Waals surface area contributed by atoms with E-state index in [0.717, 1.165) is 48.0 Å². The minimum absolute atomic E-state index is 0.203. The first-order chi connectivity index (χ1) is 15.8. The smallest absolute Gasteiger partial charge is 0.406 e. The second kappa shape index (κ2) is 9.82. The Balaban J connectivity index is 1.28. The van der Waals surface area contributed by atoms with E-state index in [1.807, 2.05) is 43.3 Å². The van der Waals surface area contributed by atoms with Crippen LogP contribution in [0.5, 0.6) is 5.75 Å². The van der Waals surface area contributed by atoms with Crippen LogP contribution in [0.1, 0.15) is 31.2 Å². The van der Waals surface area contributed by atoms with E-state index < -0.39 is 6.36 Å². The quantitative estimate of drug-likeness (QED) is 0.512. The van der Waals surface area contributed by atoms with Crippen LogP contribution in [-0.4, -0.2) is 42.5 Å². The van der Waals surface area contributed by atoms with Crippen LogP contribution in [-0.2, 0) is 6.54 Å². The molecule has 1 heterocycles. The van der Waals surface area contributed by atoms with Crippen LogP contribution in [0.4, 0.5) is 24.9 Å². The summed E-state index contributed by atoms with van der Waals surface area (Å²) in [4.78, 5) is 11.4. The van der Waals surface area contributed by atoms with Gasteiger partial charge >= 0.3 is 6.36 Å². The molecule has 4 rings (SSSR count). The van der Waals surface area contributed by atoms with E-state index >= 15 is 0 Å². The minimum Gasteiger partial charge on any atom is -0.406 e. The molecule has 0 saturated heterocycles. The van der Waals surface area contributed by atoms with Crippen molar-refractivity contribution >= 4 is 22.7 Å². The van der Waals surface area contributed by atoms with Gasteiger partial charge in [-0.25, -0.2) is 4.98 Å². The third-order valence-corrected chi connectivity index (χ3v) is 5.82. The van der Waals surface area contributed by atoms with Crippen LogP contribution in [0.25, 0.3) is 10.9 Å². The van der Waals surface area contributed by atoms with E-state index in [-0.39, 0.29) is 5.75 Å². The normalized spacial score (nSPS) is 18.8. The Morgan fingerprint density at radius 3 is 2.27 bits per heavy atom. The second-order valence-corrected chi connectivity index (χ2v) is 8.55. The summed E-state index contributed by atoms with van der Waals surface area (Å²) in [5.74, 6) is 1.34. The Morgan fingerprint density at radius 2 is 1.61 bits per heavy atom. The molecule has 9 heteroatoms. The first-order valence-corrected chi connectivity index (χ1v) is 11.1. The number of anilines is 2. The van der Waals surface area contributed by atoms with Crippen molar-refractivity contribution in [3.63, 3.8) is 0 Å². The lowest BCUT2D eigenvalue weighted by Gasteiger charge is -2.30. The largest absolute Gasteiger partial charge is 0.573 e. The van der Waals surface area contributed by atoms with E-state index in [1.54, 1.807) is 12.1 Å². The van der Waals surface area contributed by atoms with Gasteiger partial charge in [0.05, 0.1) is 5.52 Å². The van der Waals surface area contributed by atoms with Gasteiger partial charge in [-0.05, 0) is 55.5 Å². The number of hydrogen-bond donors (Lipinski definition) is 2.